The van der Waals surface area contributed by atoms with Gasteiger partial charge in [-0.15, -0.1) is 6.58 Å². The van der Waals surface area contributed by atoms with E-state index in [4.69, 9.17) is 0 Å². The zero-order valence-electron chi connectivity index (χ0n) is 14.9. The van der Waals surface area contributed by atoms with Crippen molar-refractivity contribution in [1.82, 2.24) is 0 Å². The molecule has 2 fully saturated rings. The third kappa shape index (κ3) is 2.92. The van der Waals surface area contributed by atoms with Crippen LogP contribution in [0.4, 0.5) is 0 Å². The van der Waals surface area contributed by atoms with Crippen molar-refractivity contribution in [2.24, 2.45) is 22.7 Å². The second kappa shape index (κ2) is 5.79. The Hall–Kier alpha value is -0.600. The topological polar surface area (TPSA) is 40.5 Å². The molecule has 126 valence electrons. The standard InChI is InChI=1S/C20H34O2/c1-7-19(5,22)12-10-15-14(2)8-9-16-18(3,4)17(21)11-13-20(15,16)6/h7,15-17,21-22H,1-2,8-13H2,3-6H3/t15-,16-,17+,19-,20+/m1/s1. The first-order chi connectivity index (χ1) is 10.0. The second-order valence-electron chi connectivity index (χ2n) is 8.78. The second-order valence-corrected chi connectivity index (χ2v) is 8.78. The maximum atomic E-state index is 10.5. The summed E-state index contributed by atoms with van der Waals surface area (Å²) in [4.78, 5) is 0. The molecule has 0 radical (unpaired) electrons. The minimum Gasteiger partial charge on any atom is -0.393 e. The minimum absolute atomic E-state index is 0.0348. The Morgan fingerprint density at radius 1 is 1.32 bits per heavy atom. The van der Waals surface area contributed by atoms with Gasteiger partial charge in [0.25, 0.3) is 0 Å². The minimum atomic E-state index is -0.798. The Kier molecular flexibility index (Phi) is 4.68. The predicted octanol–water partition coefficient (Wildman–Crippen LogP) is 4.47. The molecule has 2 N–H and O–H groups in total. The molecular formula is C20H34O2. The van der Waals surface area contributed by atoms with Crippen LogP contribution in [-0.2, 0) is 0 Å². The fourth-order valence-electron chi connectivity index (χ4n) is 5.24. The number of aliphatic hydroxyl groups excluding tert-OH is 1. The number of hydrogen-bond acceptors (Lipinski definition) is 2. The van der Waals surface area contributed by atoms with E-state index in [0.717, 1.165) is 38.5 Å². The lowest BCUT2D eigenvalue weighted by Crippen LogP contribution is -2.54. The van der Waals surface area contributed by atoms with Crippen molar-refractivity contribution in [3.63, 3.8) is 0 Å². The molecule has 0 aromatic heterocycles. The van der Waals surface area contributed by atoms with E-state index >= 15 is 0 Å². The number of aliphatic hydroxyl groups is 2. The molecule has 2 saturated carbocycles. The average molecular weight is 306 g/mol. The molecule has 2 aliphatic rings. The summed E-state index contributed by atoms with van der Waals surface area (Å²) in [7, 11) is 0. The SMILES string of the molecule is C=C[C@@](C)(O)CC[C@@H]1C(=C)CC[C@@H]2C(C)(C)[C@@H](O)CC[C@@]12C. The first-order valence-corrected chi connectivity index (χ1v) is 8.76. The summed E-state index contributed by atoms with van der Waals surface area (Å²) < 4.78 is 0. The highest BCUT2D eigenvalue weighted by molar-refractivity contribution is 5.17. The summed E-state index contributed by atoms with van der Waals surface area (Å²) in [6.45, 7) is 16.8. The van der Waals surface area contributed by atoms with Crippen LogP contribution >= 0.6 is 0 Å². The van der Waals surface area contributed by atoms with Crippen molar-refractivity contribution in [1.29, 1.82) is 0 Å². The number of rotatable bonds is 4. The van der Waals surface area contributed by atoms with Crippen LogP contribution in [0.1, 0.15) is 66.2 Å². The number of allylic oxidation sites excluding steroid dienone is 1. The van der Waals surface area contributed by atoms with E-state index in [-0.39, 0.29) is 16.9 Å². The van der Waals surface area contributed by atoms with Crippen molar-refractivity contribution < 1.29 is 10.2 Å². The van der Waals surface area contributed by atoms with Gasteiger partial charge in [0, 0.05) is 0 Å². The summed E-state index contributed by atoms with van der Waals surface area (Å²) in [6, 6.07) is 0. The van der Waals surface area contributed by atoms with Crippen molar-refractivity contribution in [2.45, 2.75) is 77.9 Å². The molecule has 2 rings (SSSR count). The maximum absolute atomic E-state index is 10.5. The lowest BCUT2D eigenvalue weighted by molar-refractivity contribution is -0.126. The van der Waals surface area contributed by atoms with E-state index in [1.165, 1.54) is 5.57 Å². The van der Waals surface area contributed by atoms with Crippen LogP contribution in [0.3, 0.4) is 0 Å². The van der Waals surface area contributed by atoms with E-state index < -0.39 is 5.60 Å². The molecule has 0 amide bonds. The van der Waals surface area contributed by atoms with E-state index in [0.29, 0.717) is 11.8 Å². The van der Waals surface area contributed by atoms with E-state index in [9.17, 15) is 10.2 Å². The van der Waals surface area contributed by atoms with Gasteiger partial charge in [0.2, 0.25) is 0 Å². The van der Waals surface area contributed by atoms with Gasteiger partial charge >= 0.3 is 0 Å². The fourth-order valence-corrected chi connectivity index (χ4v) is 5.24. The Bertz CT molecular complexity index is 449. The fraction of sp³-hybridized carbons (Fsp3) is 0.800. The molecule has 0 unspecified atom stereocenters. The summed E-state index contributed by atoms with van der Waals surface area (Å²) in [6.07, 6.45) is 7.25. The quantitative estimate of drug-likeness (QED) is 0.752. The van der Waals surface area contributed by atoms with Crippen LogP contribution in [0, 0.1) is 22.7 Å². The Morgan fingerprint density at radius 2 is 1.95 bits per heavy atom. The van der Waals surface area contributed by atoms with Gasteiger partial charge in [-0.05, 0) is 68.1 Å². The molecule has 22 heavy (non-hydrogen) atoms. The van der Waals surface area contributed by atoms with Gasteiger partial charge < -0.3 is 10.2 Å². The van der Waals surface area contributed by atoms with Crippen LogP contribution < -0.4 is 0 Å². The first kappa shape index (κ1) is 17.7. The number of hydrogen-bond donors (Lipinski definition) is 2. The summed E-state index contributed by atoms with van der Waals surface area (Å²) >= 11 is 0. The third-order valence-corrected chi connectivity index (χ3v) is 6.93. The monoisotopic (exact) mass is 306 g/mol. The molecule has 0 spiro atoms. The highest BCUT2D eigenvalue weighted by atomic mass is 16.3. The van der Waals surface area contributed by atoms with Gasteiger partial charge in [0.05, 0.1) is 11.7 Å². The number of fused-ring (bicyclic) bond motifs is 1. The lowest BCUT2D eigenvalue weighted by atomic mass is 9.46. The Morgan fingerprint density at radius 3 is 2.55 bits per heavy atom. The van der Waals surface area contributed by atoms with Gasteiger partial charge in [-0.1, -0.05) is 39.0 Å². The highest BCUT2D eigenvalue weighted by Crippen LogP contribution is 2.61. The zero-order chi connectivity index (χ0) is 16.8. The first-order valence-electron chi connectivity index (χ1n) is 8.76. The largest absolute Gasteiger partial charge is 0.393 e. The Labute approximate surface area is 136 Å². The molecule has 2 nitrogen and oxygen atoms in total. The van der Waals surface area contributed by atoms with E-state index in [2.05, 4.69) is 33.9 Å². The zero-order valence-corrected chi connectivity index (χ0v) is 14.9. The molecule has 2 aliphatic carbocycles. The Balaban J connectivity index is 2.25. The van der Waals surface area contributed by atoms with Crippen molar-refractivity contribution in [2.75, 3.05) is 0 Å². The normalized spacial score (nSPS) is 40.6. The van der Waals surface area contributed by atoms with Crippen molar-refractivity contribution >= 4 is 0 Å². The van der Waals surface area contributed by atoms with Gasteiger partial charge in [-0.3, -0.25) is 0 Å². The third-order valence-electron chi connectivity index (χ3n) is 6.93. The van der Waals surface area contributed by atoms with Crippen LogP contribution in [0.5, 0.6) is 0 Å². The van der Waals surface area contributed by atoms with Crippen molar-refractivity contribution in [3.8, 4) is 0 Å². The predicted molar refractivity (Wildman–Crippen MR) is 92.5 cm³/mol. The molecule has 0 saturated heterocycles. The highest BCUT2D eigenvalue weighted by Gasteiger charge is 2.55. The molecule has 0 aliphatic heterocycles. The van der Waals surface area contributed by atoms with Gasteiger partial charge in [0.1, 0.15) is 0 Å². The molecule has 0 aromatic carbocycles. The smallest absolute Gasteiger partial charge is 0.0797 e. The lowest BCUT2D eigenvalue weighted by Gasteiger charge is -2.59. The molecule has 0 heterocycles. The molecule has 5 atom stereocenters. The van der Waals surface area contributed by atoms with Crippen LogP contribution in [-0.4, -0.2) is 21.9 Å². The molecule has 2 heteroatoms. The van der Waals surface area contributed by atoms with E-state index in [1.807, 2.05) is 6.92 Å². The van der Waals surface area contributed by atoms with Crippen LogP contribution in [0.25, 0.3) is 0 Å². The molecule has 0 aromatic rings. The average Bonchev–Trinajstić information content (AvgIpc) is 2.42. The van der Waals surface area contributed by atoms with Crippen LogP contribution in [0.15, 0.2) is 24.8 Å². The van der Waals surface area contributed by atoms with Gasteiger partial charge in [-0.25, -0.2) is 0 Å². The van der Waals surface area contributed by atoms with Gasteiger partial charge in [-0.2, -0.15) is 0 Å². The summed E-state index contributed by atoms with van der Waals surface area (Å²) in [5.74, 6) is 0.956. The summed E-state index contributed by atoms with van der Waals surface area (Å²) in [5.41, 5.74) is 0.695. The molecular weight excluding hydrogens is 272 g/mol. The van der Waals surface area contributed by atoms with Crippen molar-refractivity contribution in [3.05, 3.63) is 24.8 Å². The van der Waals surface area contributed by atoms with Gasteiger partial charge in [0.15, 0.2) is 0 Å². The van der Waals surface area contributed by atoms with E-state index in [1.54, 1.807) is 6.08 Å². The maximum Gasteiger partial charge on any atom is 0.0797 e. The van der Waals surface area contributed by atoms with Crippen LogP contribution in [0.2, 0.25) is 0 Å². The summed E-state index contributed by atoms with van der Waals surface area (Å²) in [5, 5.41) is 20.7. The molecule has 0 bridgehead atoms.